The van der Waals surface area contributed by atoms with Gasteiger partial charge in [0.1, 0.15) is 18.2 Å². The van der Waals surface area contributed by atoms with Crippen LogP contribution in [0.15, 0.2) is 48.5 Å². The Hall–Kier alpha value is -2.15. The van der Waals surface area contributed by atoms with Gasteiger partial charge in [-0.2, -0.15) is 0 Å². The smallest absolute Gasteiger partial charge is 0.221 e. The highest BCUT2D eigenvalue weighted by atomic mass is 35.5. The fourth-order valence-corrected chi connectivity index (χ4v) is 2.22. The van der Waals surface area contributed by atoms with Gasteiger partial charge in [-0.25, -0.2) is 4.39 Å². The first-order valence-corrected chi connectivity index (χ1v) is 7.69. The number of amides is 1. The number of hydrogen-bond acceptors (Lipinski definition) is 4. The lowest BCUT2D eigenvalue weighted by Crippen LogP contribution is -2.26. The van der Waals surface area contributed by atoms with Crippen molar-refractivity contribution in [2.24, 2.45) is 5.73 Å². The van der Waals surface area contributed by atoms with Gasteiger partial charge in [0, 0.05) is 13.1 Å². The summed E-state index contributed by atoms with van der Waals surface area (Å²) in [6.07, 6.45) is -0.562. The molecule has 0 bridgehead atoms. The third kappa shape index (κ3) is 7.51. The lowest BCUT2D eigenvalue weighted by Gasteiger charge is -2.13. The largest absolute Gasteiger partial charge is 0.492 e. The minimum Gasteiger partial charge on any atom is -0.492 e. The summed E-state index contributed by atoms with van der Waals surface area (Å²) < 4.78 is 18.6. The Morgan fingerprint density at radius 3 is 2.60 bits per heavy atom. The average Bonchev–Trinajstić information content (AvgIpc) is 2.55. The van der Waals surface area contributed by atoms with E-state index in [4.69, 9.17) is 10.5 Å². The summed E-state index contributed by atoms with van der Waals surface area (Å²) >= 11 is 0. The molecule has 0 aliphatic rings. The molecule has 0 radical (unpaired) electrons. The Bertz CT molecular complexity index is 668. The standard InChI is InChI=1S/C18H21FN2O3.ClH/c19-15-3-1-2-14(11-15)17(22)12-21-8-9-24-16-6-4-13(5-7-16)10-18(20)23;/h1-7,11,17,21-22H,8-10,12H2,(H2,20,23);1H. The lowest BCUT2D eigenvalue weighted by molar-refractivity contribution is -0.117. The maximum absolute atomic E-state index is 13.1. The topological polar surface area (TPSA) is 84.6 Å². The van der Waals surface area contributed by atoms with Crippen molar-refractivity contribution in [2.45, 2.75) is 12.5 Å². The Morgan fingerprint density at radius 2 is 1.96 bits per heavy atom. The average molecular weight is 369 g/mol. The molecule has 1 atom stereocenters. The molecule has 136 valence electrons. The molecule has 0 saturated carbocycles. The molecular formula is C18H22ClFN2O3. The van der Waals surface area contributed by atoms with Gasteiger partial charge in [0.15, 0.2) is 0 Å². The quantitative estimate of drug-likeness (QED) is 0.591. The van der Waals surface area contributed by atoms with Crippen LogP contribution in [-0.2, 0) is 11.2 Å². The van der Waals surface area contributed by atoms with E-state index in [9.17, 15) is 14.3 Å². The van der Waals surface area contributed by atoms with Crippen LogP contribution < -0.4 is 15.8 Å². The Balaban J connectivity index is 0.00000312. The molecule has 0 heterocycles. The molecule has 0 aliphatic heterocycles. The molecule has 5 nitrogen and oxygen atoms in total. The van der Waals surface area contributed by atoms with Crippen molar-refractivity contribution in [3.63, 3.8) is 0 Å². The van der Waals surface area contributed by atoms with Crippen LogP contribution in [-0.4, -0.2) is 30.7 Å². The second kappa shape index (κ2) is 10.7. The molecule has 2 aromatic carbocycles. The highest BCUT2D eigenvalue weighted by molar-refractivity contribution is 5.85. The van der Waals surface area contributed by atoms with Crippen molar-refractivity contribution in [1.82, 2.24) is 5.32 Å². The molecule has 2 rings (SSSR count). The molecule has 0 fully saturated rings. The van der Waals surface area contributed by atoms with Gasteiger partial charge >= 0.3 is 0 Å². The maximum Gasteiger partial charge on any atom is 0.221 e. The Kier molecular flexibility index (Phi) is 8.91. The van der Waals surface area contributed by atoms with Gasteiger partial charge in [-0.05, 0) is 35.4 Å². The van der Waals surface area contributed by atoms with Gasteiger partial charge in [0.25, 0.3) is 0 Å². The fourth-order valence-electron chi connectivity index (χ4n) is 2.22. The number of carbonyl (C=O) groups is 1. The summed E-state index contributed by atoms with van der Waals surface area (Å²) in [6, 6.07) is 13.0. The number of ether oxygens (including phenoxy) is 1. The molecule has 2 aromatic rings. The summed E-state index contributed by atoms with van der Waals surface area (Å²) in [7, 11) is 0. The molecule has 0 aromatic heterocycles. The van der Waals surface area contributed by atoms with Crippen LogP contribution in [0.5, 0.6) is 5.75 Å². The van der Waals surface area contributed by atoms with Gasteiger partial charge in [-0.3, -0.25) is 4.79 Å². The second-order valence-electron chi connectivity index (χ2n) is 5.41. The molecule has 0 aliphatic carbocycles. The number of halogens is 2. The number of benzene rings is 2. The molecule has 0 saturated heterocycles. The van der Waals surface area contributed by atoms with E-state index in [-0.39, 0.29) is 30.6 Å². The van der Waals surface area contributed by atoms with Crippen LogP contribution in [0.1, 0.15) is 17.2 Å². The number of rotatable bonds is 9. The lowest BCUT2D eigenvalue weighted by atomic mass is 10.1. The van der Waals surface area contributed by atoms with E-state index >= 15 is 0 Å². The SMILES string of the molecule is Cl.NC(=O)Cc1ccc(OCCNCC(O)c2cccc(F)c2)cc1. The highest BCUT2D eigenvalue weighted by Gasteiger charge is 2.07. The first kappa shape index (κ1) is 20.9. The van der Waals surface area contributed by atoms with Crippen molar-refractivity contribution in [2.75, 3.05) is 19.7 Å². The zero-order valence-electron chi connectivity index (χ0n) is 13.7. The predicted molar refractivity (Wildman–Crippen MR) is 96.3 cm³/mol. The molecule has 25 heavy (non-hydrogen) atoms. The van der Waals surface area contributed by atoms with Crippen molar-refractivity contribution >= 4 is 18.3 Å². The third-order valence-corrected chi connectivity index (χ3v) is 3.42. The number of nitrogens with one attached hydrogen (secondary N) is 1. The number of hydrogen-bond donors (Lipinski definition) is 3. The number of aliphatic hydroxyl groups is 1. The minimum atomic E-state index is -0.770. The zero-order chi connectivity index (χ0) is 17.4. The van der Waals surface area contributed by atoms with Gasteiger partial charge in [0.2, 0.25) is 5.91 Å². The van der Waals surface area contributed by atoms with E-state index in [0.29, 0.717) is 31.0 Å². The van der Waals surface area contributed by atoms with Gasteiger partial charge < -0.3 is 20.9 Å². The van der Waals surface area contributed by atoms with E-state index in [2.05, 4.69) is 5.32 Å². The molecule has 7 heteroatoms. The predicted octanol–water partition coefficient (Wildman–Crippen LogP) is 1.98. The summed E-state index contributed by atoms with van der Waals surface area (Å²) in [6.45, 7) is 1.27. The van der Waals surface area contributed by atoms with E-state index in [1.54, 1.807) is 36.4 Å². The number of primary amides is 1. The molecule has 4 N–H and O–H groups in total. The van der Waals surface area contributed by atoms with Gasteiger partial charge in [-0.15, -0.1) is 12.4 Å². The number of nitrogens with two attached hydrogens (primary N) is 1. The van der Waals surface area contributed by atoms with Crippen LogP contribution in [0.25, 0.3) is 0 Å². The fraction of sp³-hybridized carbons (Fsp3) is 0.278. The number of aliphatic hydroxyl groups excluding tert-OH is 1. The van der Waals surface area contributed by atoms with Crippen molar-refractivity contribution in [3.8, 4) is 5.75 Å². The van der Waals surface area contributed by atoms with Gasteiger partial charge in [-0.1, -0.05) is 24.3 Å². The number of carbonyl (C=O) groups excluding carboxylic acids is 1. The van der Waals surface area contributed by atoms with E-state index in [0.717, 1.165) is 5.56 Å². The van der Waals surface area contributed by atoms with E-state index < -0.39 is 6.10 Å². The third-order valence-electron chi connectivity index (χ3n) is 3.42. The van der Waals surface area contributed by atoms with Crippen molar-refractivity contribution < 1.29 is 19.0 Å². The first-order chi connectivity index (χ1) is 11.5. The van der Waals surface area contributed by atoms with Crippen molar-refractivity contribution in [3.05, 3.63) is 65.5 Å². The zero-order valence-corrected chi connectivity index (χ0v) is 14.5. The van der Waals surface area contributed by atoms with Crippen molar-refractivity contribution in [1.29, 1.82) is 0 Å². The van der Waals surface area contributed by atoms with Gasteiger partial charge in [0.05, 0.1) is 12.5 Å². The molecule has 1 amide bonds. The summed E-state index contributed by atoms with van der Waals surface area (Å²) in [4.78, 5) is 10.8. The second-order valence-corrected chi connectivity index (χ2v) is 5.41. The Labute approximate surface area is 152 Å². The Morgan fingerprint density at radius 1 is 1.24 bits per heavy atom. The summed E-state index contributed by atoms with van der Waals surface area (Å²) in [5.41, 5.74) is 6.51. The minimum absolute atomic E-state index is 0. The molecule has 0 spiro atoms. The van der Waals surface area contributed by atoms with Crippen LogP contribution in [0.3, 0.4) is 0 Å². The van der Waals surface area contributed by atoms with Crippen LogP contribution in [0, 0.1) is 5.82 Å². The maximum atomic E-state index is 13.1. The monoisotopic (exact) mass is 368 g/mol. The molecule has 1 unspecified atom stereocenters. The molecular weight excluding hydrogens is 347 g/mol. The highest BCUT2D eigenvalue weighted by Crippen LogP contribution is 2.13. The van der Waals surface area contributed by atoms with E-state index in [1.165, 1.54) is 12.1 Å². The summed E-state index contributed by atoms with van der Waals surface area (Å²) in [5, 5.41) is 13.0. The van der Waals surface area contributed by atoms with Crippen LogP contribution >= 0.6 is 12.4 Å². The van der Waals surface area contributed by atoms with E-state index in [1.807, 2.05) is 0 Å². The summed E-state index contributed by atoms with van der Waals surface area (Å²) in [5.74, 6) is -0.0462. The van der Waals surface area contributed by atoms with Crippen LogP contribution in [0.4, 0.5) is 4.39 Å². The first-order valence-electron chi connectivity index (χ1n) is 7.69. The van der Waals surface area contributed by atoms with Crippen LogP contribution in [0.2, 0.25) is 0 Å². The normalized spacial score (nSPS) is 11.4.